The van der Waals surface area contributed by atoms with Gasteiger partial charge in [-0.25, -0.2) is 4.79 Å². The number of aliphatic hydroxyl groups excluding tert-OH is 3. The summed E-state index contributed by atoms with van der Waals surface area (Å²) in [6.45, 7) is 3.65. The monoisotopic (exact) mass is 340 g/mol. The van der Waals surface area contributed by atoms with Gasteiger partial charge in [-0.1, -0.05) is 12.1 Å². The number of rotatable bonds is 6. The van der Waals surface area contributed by atoms with Crippen LogP contribution in [0.2, 0.25) is 0 Å². The van der Waals surface area contributed by atoms with Crippen LogP contribution in [-0.2, 0) is 16.0 Å². The molecule has 4 N–H and O–H groups in total. The Balaban J connectivity index is 2.22. The minimum absolute atomic E-state index is 0.196. The van der Waals surface area contributed by atoms with Crippen LogP contribution in [0.4, 0.5) is 0 Å². The van der Waals surface area contributed by atoms with Crippen molar-refractivity contribution in [2.24, 2.45) is 0 Å². The minimum atomic E-state index is -1.77. The number of benzene rings is 1. The van der Waals surface area contributed by atoms with Crippen LogP contribution >= 0.6 is 0 Å². The number of carboxylic acids is 1. The zero-order valence-corrected chi connectivity index (χ0v) is 13.0. The predicted octanol–water partition coefficient (Wildman–Crippen LogP) is -0.305. The van der Waals surface area contributed by atoms with E-state index in [1.54, 1.807) is 24.3 Å². The van der Waals surface area contributed by atoms with Crippen molar-refractivity contribution >= 4 is 5.97 Å². The highest BCUT2D eigenvalue weighted by Gasteiger charge is 2.48. The Bertz CT molecular complexity index is 602. The van der Waals surface area contributed by atoms with Crippen molar-refractivity contribution < 1.29 is 39.4 Å². The second kappa shape index (κ2) is 7.63. The van der Waals surface area contributed by atoms with Gasteiger partial charge in [0.25, 0.3) is 0 Å². The van der Waals surface area contributed by atoms with E-state index in [1.165, 1.54) is 7.11 Å². The summed E-state index contributed by atoms with van der Waals surface area (Å²) in [5.41, 5.74) is 0.915. The van der Waals surface area contributed by atoms with Gasteiger partial charge in [-0.2, -0.15) is 0 Å². The smallest absolute Gasteiger partial charge is 0.335 e. The lowest BCUT2D eigenvalue weighted by Gasteiger charge is -2.38. The van der Waals surface area contributed by atoms with Gasteiger partial charge >= 0.3 is 5.97 Å². The van der Waals surface area contributed by atoms with Crippen molar-refractivity contribution in [1.29, 1.82) is 0 Å². The van der Waals surface area contributed by atoms with Crippen LogP contribution in [-0.4, -0.2) is 64.2 Å². The minimum Gasteiger partial charge on any atom is -0.493 e. The van der Waals surface area contributed by atoms with Crippen LogP contribution in [0.25, 0.3) is 0 Å². The van der Waals surface area contributed by atoms with Gasteiger partial charge in [0.05, 0.1) is 7.11 Å². The Kier molecular flexibility index (Phi) is 5.79. The second-order valence-corrected chi connectivity index (χ2v) is 5.33. The second-order valence-electron chi connectivity index (χ2n) is 5.33. The van der Waals surface area contributed by atoms with E-state index in [0.717, 1.165) is 5.56 Å². The highest BCUT2D eigenvalue weighted by Crippen LogP contribution is 2.32. The molecule has 1 heterocycles. The molecule has 0 spiro atoms. The number of aliphatic carboxylic acids is 1. The van der Waals surface area contributed by atoms with Crippen LogP contribution in [0.3, 0.4) is 0 Å². The van der Waals surface area contributed by atoms with Crippen LogP contribution in [0.15, 0.2) is 30.9 Å². The molecule has 1 aliphatic heterocycles. The van der Waals surface area contributed by atoms with E-state index in [0.29, 0.717) is 12.2 Å². The van der Waals surface area contributed by atoms with Crippen molar-refractivity contribution in [3.05, 3.63) is 36.4 Å². The molecule has 0 radical (unpaired) electrons. The lowest BCUT2D eigenvalue weighted by atomic mass is 9.99. The molecular formula is C16H20O8. The first-order valence-electron chi connectivity index (χ1n) is 7.26. The number of allylic oxidation sites excluding steroid dienone is 1. The molecule has 0 aromatic heterocycles. The highest BCUT2D eigenvalue weighted by molar-refractivity contribution is 5.73. The molecule has 132 valence electrons. The Morgan fingerprint density at radius 1 is 1.25 bits per heavy atom. The first-order chi connectivity index (χ1) is 11.4. The van der Waals surface area contributed by atoms with Crippen molar-refractivity contribution in [3.8, 4) is 11.5 Å². The Morgan fingerprint density at radius 2 is 1.96 bits per heavy atom. The summed E-state index contributed by atoms with van der Waals surface area (Å²) < 4.78 is 15.7. The summed E-state index contributed by atoms with van der Waals surface area (Å²) in [5, 5.41) is 38.4. The molecule has 1 saturated heterocycles. The van der Waals surface area contributed by atoms with Gasteiger partial charge in [0.1, 0.15) is 18.3 Å². The fourth-order valence-electron chi connectivity index (χ4n) is 2.38. The molecule has 0 aliphatic carbocycles. The summed E-state index contributed by atoms with van der Waals surface area (Å²) in [7, 11) is 1.43. The number of aliphatic hydroxyl groups is 3. The maximum absolute atomic E-state index is 11.1. The standard InChI is InChI=1S/C16H20O8/c1-3-4-8-5-6-9(10(7-8)22-2)23-16-13(19)11(17)12(18)14(24-16)15(20)21/h3,5-7,11-14,16-19H,1,4H2,2H3,(H,20,21)/t11-,12-,13+,14-,16-/m0/s1. The molecule has 0 unspecified atom stereocenters. The average molecular weight is 340 g/mol. The largest absolute Gasteiger partial charge is 0.493 e. The number of carboxylic acid groups (broad SMARTS) is 1. The first-order valence-corrected chi connectivity index (χ1v) is 7.26. The number of hydrogen-bond acceptors (Lipinski definition) is 7. The van der Waals surface area contributed by atoms with Gasteiger partial charge in [-0.15, -0.1) is 6.58 Å². The highest BCUT2D eigenvalue weighted by atomic mass is 16.7. The molecule has 1 aromatic carbocycles. The number of methoxy groups -OCH3 is 1. The van der Waals surface area contributed by atoms with E-state index >= 15 is 0 Å². The van der Waals surface area contributed by atoms with Crippen molar-refractivity contribution in [2.75, 3.05) is 7.11 Å². The summed E-state index contributed by atoms with van der Waals surface area (Å²) >= 11 is 0. The molecule has 0 bridgehead atoms. The van der Waals surface area contributed by atoms with E-state index in [1.807, 2.05) is 0 Å². The quantitative estimate of drug-likeness (QED) is 0.520. The molecule has 1 fully saturated rings. The molecule has 0 amide bonds. The van der Waals surface area contributed by atoms with E-state index in [-0.39, 0.29) is 5.75 Å². The van der Waals surface area contributed by atoms with Gasteiger partial charge in [-0.05, 0) is 24.1 Å². The average Bonchev–Trinajstić information content (AvgIpc) is 2.56. The van der Waals surface area contributed by atoms with E-state index in [9.17, 15) is 20.1 Å². The number of hydrogen-bond donors (Lipinski definition) is 4. The van der Waals surface area contributed by atoms with Gasteiger partial charge in [0.2, 0.25) is 6.29 Å². The zero-order valence-electron chi connectivity index (χ0n) is 13.0. The van der Waals surface area contributed by atoms with Crippen LogP contribution in [0, 0.1) is 0 Å². The number of carbonyl (C=O) groups is 1. The van der Waals surface area contributed by atoms with Gasteiger partial charge in [-0.3, -0.25) is 0 Å². The third kappa shape index (κ3) is 3.68. The normalized spacial score (nSPS) is 29.8. The predicted molar refractivity (Wildman–Crippen MR) is 81.8 cm³/mol. The molecule has 0 saturated carbocycles. The topological polar surface area (TPSA) is 126 Å². The molecular weight excluding hydrogens is 320 g/mol. The molecule has 5 atom stereocenters. The summed E-state index contributed by atoms with van der Waals surface area (Å²) in [6, 6.07) is 5.02. The number of ether oxygens (including phenoxy) is 3. The van der Waals surface area contributed by atoms with Gasteiger partial charge in [0.15, 0.2) is 17.6 Å². The van der Waals surface area contributed by atoms with Crippen molar-refractivity contribution in [3.63, 3.8) is 0 Å². The molecule has 8 heteroatoms. The van der Waals surface area contributed by atoms with Crippen molar-refractivity contribution in [2.45, 2.75) is 37.1 Å². The Labute approximate surface area is 138 Å². The Morgan fingerprint density at radius 3 is 2.54 bits per heavy atom. The van der Waals surface area contributed by atoms with Gasteiger partial charge < -0.3 is 34.6 Å². The molecule has 8 nitrogen and oxygen atoms in total. The summed E-state index contributed by atoms with van der Waals surface area (Å²) in [4.78, 5) is 11.1. The molecule has 24 heavy (non-hydrogen) atoms. The van der Waals surface area contributed by atoms with Crippen LogP contribution < -0.4 is 9.47 Å². The van der Waals surface area contributed by atoms with Crippen molar-refractivity contribution in [1.82, 2.24) is 0 Å². The van der Waals surface area contributed by atoms with E-state index in [2.05, 4.69) is 6.58 Å². The molecule has 2 rings (SSSR count). The van der Waals surface area contributed by atoms with Crippen LogP contribution in [0.1, 0.15) is 5.56 Å². The van der Waals surface area contributed by atoms with Gasteiger partial charge in [0, 0.05) is 0 Å². The zero-order chi connectivity index (χ0) is 17.9. The first kappa shape index (κ1) is 18.2. The maximum Gasteiger partial charge on any atom is 0.335 e. The fraction of sp³-hybridized carbons (Fsp3) is 0.438. The summed E-state index contributed by atoms with van der Waals surface area (Å²) in [6.07, 6.45) is -6.00. The SMILES string of the molecule is C=CCc1ccc(O[C@H]2O[C@H](C(=O)O)[C@@H](O)[C@H](O)[C@H]2O)c(OC)c1. The Hall–Kier alpha value is -2.13. The van der Waals surface area contributed by atoms with E-state index in [4.69, 9.17) is 19.3 Å². The lowest BCUT2D eigenvalue weighted by Crippen LogP contribution is -2.61. The van der Waals surface area contributed by atoms with Crippen LogP contribution in [0.5, 0.6) is 11.5 Å². The third-order valence-electron chi connectivity index (χ3n) is 3.66. The molecule has 1 aliphatic rings. The summed E-state index contributed by atoms with van der Waals surface area (Å²) in [5.74, 6) is -0.935. The van der Waals surface area contributed by atoms with E-state index < -0.39 is 36.7 Å². The lowest BCUT2D eigenvalue weighted by molar-refractivity contribution is -0.271. The third-order valence-corrected chi connectivity index (χ3v) is 3.66. The maximum atomic E-state index is 11.1. The fourth-order valence-corrected chi connectivity index (χ4v) is 2.38. The molecule has 1 aromatic rings.